The minimum atomic E-state index is -0.875. The molecule has 0 unspecified atom stereocenters. The summed E-state index contributed by atoms with van der Waals surface area (Å²) in [4.78, 5) is 4.23. The van der Waals surface area contributed by atoms with Crippen LogP contribution in [0.5, 0.6) is 0 Å². The van der Waals surface area contributed by atoms with Crippen LogP contribution in [0.25, 0.3) is 0 Å². The van der Waals surface area contributed by atoms with Crippen LogP contribution in [0.3, 0.4) is 0 Å². The third kappa shape index (κ3) is 2.14. The van der Waals surface area contributed by atoms with Crippen molar-refractivity contribution in [2.24, 2.45) is 7.05 Å². The number of rotatable bonds is 3. The van der Waals surface area contributed by atoms with Gasteiger partial charge in [-0.15, -0.1) is 0 Å². The van der Waals surface area contributed by atoms with E-state index in [0.29, 0.717) is 6.42 Å². The summed E-state index contributed by atoms with van der Waals surface area (Å²) in [6.45, 7) is 1.82. The second-order valence-electron chi connectivity index (χ2n) is 4.27. The van der Waals surface area contributed by atoms with Gasteiger partial charge in [-0.1, -0.05) is 30.3 Å². The molecule has 0 saturated carbocycles. The molecule has 0 amide bonds. The third-order valence-corrected chi connectivity index (χ3v) is 2.82. The van der Waals surface area contributed by atoms with Crippen molar-refractivity contribution in [3.63, 3.8) is 0 Å². The van der Waals surface area contributed by atoms with Crippen molar-refractivity contribution in [3.8, 4) is 0 Å². The SMILES string of the molecule is Cn1ccnc1C[C@](C)(O)c1ccccc1. The Morgan fingerprint density at radius 1 is 1.31 bits per heavy atom. The van der Waals surface area contributed by atoms with Gasteiger partial charge in [0.05, 0.1) is 5.60 Å². The number of aromatic nitrogens is 2. The maximum Gasteiger partial charge on any atom is 0.111 e. The Morgan fingerprint density at radius 2 is 2.00 bits per heavy atom. The molecule has 0 aliphatic carbocycles. The predicted molar refractivity (Wildman–Crippen MR) is 62.9 cm³/mol. The van der Waals surface area contributed by atoms with Crippen LogP contribution in [0.4, 0.5) is 0 Å². The van der Waals surface area contributed by atoms with E-state index in [-0.39, 0.29) is 0 Å². The van der Waals surface area contributed by atoms with Crippen LogP contribution in [-0.2, 0) is 19.1 Å². The molecule has 0 aliphatic rings. The molecule has 0 fully saturated rings. The zero-order chi connectivity index (χ0) is 11.6. The van der Waals surface area contributed by atoms with Crippen molar-refractivity contribution >= 4 is 0 Å². The molecule has 0 spiro atoms. The minimum absolute atomic E-state index is 0.514. The van der Waals surface area contributed by atoms with Crippen LogP contribution in [0.1, 0.15) is 18.3 Å². The molecule has 0 aliphatic heterocycles. The molecule has 1 aromatic heterocycles. The van der Waals surface area contributed by atoms with Crippen molar-refractivity contribution < 1.29 is 5.11 Å². The standard InChI is InChI=1S/C13H16N2O/c1-13(16,11-6-4-3-5-7-11)10-12-14-8-9-15(12)2/h3-9,16H,10H2,1-2H3/t13-/m0/s1. The number of aryl methyl sites for hydroxylation is 1. The monoisotopic (exact) mass is 216 g/mol. The summed E-state index contributed by atoms with van der Waals surface area (Å²) in [5, 5.41) is 10.4. The first-order valence-electron chi connectivity index (χ1n) is 5.34. The lowest BCUT2D eigenvalue weighted by atomic mass is 9.92. The molecule has 16 heavy (non-hydrogen) atoms. The van der Waals surface area contributed by atoms with Crippen LogP contribution >= 0.6 is 0 Å². The van der Waals surface area contributed by atoms with E-state index in [9.17, 15) is 5.11 Å². The molecule has 2 aromatic rings. The first-order chi connectivity index (χ1) is 7.59. The highest BCUT2D eigenvalue weighted by Gasteiger charge is 2.24. The van der Waals surface area contributed by atoms with Gasteiger partial charge in [-0.05, 0) is 12.5 Å². The topological polar surface area (TPSA) is 38.0 Å². The lowest BCUT2D eigenvalue weighted by molar-refractivity contribution is 0.0548. The normalized spacial score (nSPS) is 14.7. The summed E-state index contributed by atoms with van der Waals surface area (Å²) >= 11 is 0. The first-order valence-corrected chi connectivity index (χ1v) is 5.34. The number of hydrogen-bond acceptors (Lipinski definition) is 2. The summed E-state index contributed by atoms with van der Waals surface area (Å²) < 4.78 is 1.93. The van der Waals surface area contributed by atoms with Crippen molar-refractivity contribution in [2.45, 2.75) is 18.9 Å². The Balaban J connectivity index is 2.24. The average molecular weight is 216 g/mol. The lowest BCUT2D eigenvalue weighted by Crippen LogP contribution is -2.25. The summed E-state index contributed by atoms with van der Waals surface area (Å²) in [7, 11) is 1.93. The highest BCUT2D eigenvalue weighted by Crippen LogP contribution is 2.24. The predicted octanol–water partition coefficient (Wildman–Crippen LogP) is 1.87. The zero-order valence-electron chi connectivity index (χ0n) is 9.59. The Morgan fingerprint density at radius 3 is 2.56 bits per heavy atom. The molecule has 1 aromatic carbocycles. The van der Waals surface area contributed by atoms with Gasteiger partial charge in [0.15, 0.2) is 0 Å². The summed E-state index contributed by atoms with van der Waals surface area (Å²) in [6, 6.07) is 9.68. The van der Waals surface area contributed by atoms with Crippen molar-refractivity contribution in [3.05, 3.63) is 54.1 Å². The number of aliphatic hydroxyl groups is 1. The fraction of sp³-hybridized carbons (Fsp3) is 0.308. The third-order valence-electron chi connectivity index (χ3n) is 2.82. The van der Waals surface area contributed by atoms with Crippen molar-refractivity contribution in [1.29, 1.82) is 0 Å². The maximum atomic E-state index is 10.4. The zero-order valence-corrected chi connectivity index (χ0v) is 9.59. The summed E-state index contributed by atoms with van der Waals surface area (Å²) in [5.74, 6) is 0.883. The molecular formula is C13H16N2O. The second kappa shape index (κ2) is 4.10. The quantitative estimate of drug-likeness (QED) is 0.850. The molecule has 84 valence electrons. The van der Waals surface area contributed by atoms with E-state index in [4.69, 9.17) is 0 Å². The van der Waals surface area contributed by atoms with E-state index in [1.807, 2.05) is 55.1 Å². The smallest absolute Gasteiger partial charge is 0.111 e. The fourth-order valence-electron chi connectivity index (χ4n) is 1.77. The van der Waals surface area contributed by atoms with Gasteiger partial charge in [0, 0.05) is 25.9 Å². The molecule has 1 N–H and O–H groups in total. The van der Waals surface area contributed by atoms with Gasteiger partial charge >= 0.3 is 0 Å². The minimum Gasteiger partial charge on any atom is -0.385 e. The van der Waals surface area contributed by atoms with Gasteiger partial charge in [0.2, 0.25) is 0 Å². The van der Waals surface area contributed by atoms with E-state index in [0.717, 1.165) is 11.4 Å². The molecule has 1 atom stereocenters. The van der Waals surface area contributed by atoms with Crippen LogP contribution in [-0.4, -0.2) is 14.7 Å². The second-order valence-corrected chi connectivity index (χ2v) is 4.27. The molecule has 3 heteroatoms. The molecule has 1 heterocycles. The summed E-state index contributed by atoms with van der Waals surface area (Å²) in [6.07, 6.45) is 4.15. The number of imidazole rings is 1. The average Bonchev–Trinajstić information content (AvgIpc) is 2.65. The van der Waals surface area contributed by atoms with Gasteiger partial charge < -0.3 is 9.67 Å². The Bertz CT molecular complexity index is 460. The van der Waals surface area contributed by atoms with E-state index < -0.39 is 5.60 Å². The van der Waals surface area contributed by atoms with Crippen molar-refractivity contribution in [2.75, 3.05) is 0 Å². The Hall–Kier alpha value is -1.61. The van der Waals surface area contributed by atoms with Gasteiger partial charge in [-0.25, -0.2) is 4.98 Å². The molecule has 0 bridgehead atoms. The Labute approximate surface area is 95.4 Å². The molecule has 0 radical (unpaired) electrons. The van der Waals surface area contributed by atoms with Crippen LogP contribution < -0.4 is 0 Å². The van der Waals surface area contributed by atoms with Gasteiger partial charge in [-0.2, -0.15) is 0 Å². The Kier molecular flexibility index (Phi) is 2.79. The van der Waals surface area contributed by atoms with E-state index in [2.05, 4.69) is 4.98 Å². The molecular weight excluding hydrogens is 200 g/mol. The van der Waals surface area contributed by atoms with E-state index in [1.165, 1.54) is 0 Å². The van der Waals surface area contributed by atoms with Gasteiger partial charge in [-0.3, -0.25) is 0 Å². The molecule has 3 nitrogen and oxygen atoms in total. The fourth-order valence-corrected chi connectivity index (χ4v) is 1.77. The number of nitrogens with zero attached hydrogens (tertiary/aromatic N) is 2. The largest absolute Gasteiger partial charge is 0.385 e. The van der Waals surface area contributed by atoms with Crippen LogP contribution in [0.2, 0.25) is 0 Å². The summed E-state index contributed by atoms with van der Waals surface area (Å²) in [5.41, 5.74) is 0.0402. The highest BCUT2D eigenvalue weighted by molar-refractivity contribution is 5.22. The van der Waals surface area contributed by atoms with Crippen LogP contribution in [0.15, 0.2) is 42.7 Å². The lowest BCUT2D eigenvalue weighted by Gasteiger charge is -2.23. The van der Waals surface area contributed by atoms with Crippen LogP contribution in [0, 0.1) is 0 Å². The van der Waals surface area contributed by atoms with Gasteiger partial charge in [0.25, 0.3) is 0 Å². The molecule has 2 rings (SSSR count). The maximum absolute atomic E-state index is 10.4. The highest BCUT2D eigenvalue weighted by atomic mass is 16.3. The number of hydrogen-bond donors (Lipinski definition) is 1. The molecule has 0 saturated heterocycles. The van der Waals surface area contributed by atoms with E-state index >= 15 is 0 Å². The number of benzene rings is 1. The van der Waals surface area contributed by atoms with Gasteiger partial charge in [0.1, 0.15) is 5.82 Å². The first kappa shape index (κ1) is 10.9. The van der Waals surface area contributed by atoms with Crippen molar-refractivity contribution in [1.82, 2.24) is 9.55 Å². The van der Waals surface area contributed by atoms with E-state index in [1.54, 1.807) is 6.20 Å².